The molecule has 0 aromatic heterocycles. The number of benzene rings is 2. The molecule has 1 aliphatic heterocycles. The number of hydrogen-bond acceptors (Lipinski definition) is 4. The van der Waals surface area contributed by atoms with E-state index in [1.807, 2.05) is 44.4 Å². The average molecular weight is 395 g/mol. The first-order valence-electron chi connectivity index (χ1n) is 10.1. The van der Waals surface area contributed by atoms with E-state index in [0.717, 1.165) is 30.5 Å². The first kappa shape index (κ1) is 20.9. The quantitative estimate of drug-likeness (QED) is 0.737. The number of nitrogens with one attached hydrogen (secondary N) is 2. The summed E-state index contributed by atoms with van der Waals surface area (Å²) in [6.45, 7) is 1.79. The van der Waals surface area contributed by atoms with E-state index in [9.17, 15) is 9.59 Å². The van der Waals surface area contributed by atoms with Gasteiger partial charge in [0.15, 0.2) is 0 Å². The molecular weight excluding hydrogens is 364 g/mol. The second-order valence-electron chi connectivity index (χ2n) is 7.77. The number of anilines is 1. The van der Waals surface area contributed by atoms with E-state index in [-0.39, 0.29) is 6.04 Å². The molecule has 0 radical (unpaired) electrons. The van der Waals surface area contributed by atoms with Crippen molar-refractivity contribution in [2.24, 2.45) is 0 Å². The van der Waals surface area contributed by atoms with Crippen molar-refractivity contribution < 1.29 is 9.59 Å². The molecule has 6 nitrogen and oxygen atoms in total. The third kappa shape index (κ3) is 5.35. The van der Waals surface area contributed by atoms with Crippen molar-refractivity contribution in [3.8, 4) is 0 Å². The van der Waals surface area contributed by atoms with Crippen LogP contribution < -0.4 is 15.5 Å². The van der Waals surface area contributed by atoms with Crippen molar-refractivity contribution in [1.82, 2.24) is 15.5 Å². The molecule has 0 bridgehead atoms. The van der Waals surface area contributed by atoms with E-state index in [0.29, 0.717) is 13.1 Å². The van der Waals surface area contributed by atoms with Crippen molar-refractivity contribution in [1.29, 1.82) is 0 Å². The summed E-state index contributed by atoms with van der Waals surface area (Å²) in [5.74, 6) is -1.22. The Labute approximate surface area is 172 Å². The van der Waals surface area contributed by atoms with Crippen LogP contribution >= 0.6 is 0 Å². The zero-order chi connectivity index (χ0) is 20.8. The standard InChI is InChI=1S/C23H30N4O2/c1-26(2)21(19-11-12-20-18(14-19)10-7-13-27(20)3)16-25-23(29)22(28)24-15-17-8-5-4-6-9-17/h4-6,8-9,11-12,14,21H,7,10,13,15-16H2,1-3H3,(H,24,28)(H,25,29)/t21-/m1/s1. The second-order valence-corrected chi connectivity index (χ2v) is 7.77. The molecule has 1 aliphatic rings. The number of carbonyl (C=O) groups excluding carboxylic acids is 2. The largest absolute Gasteiger partial charge is 0.374 e. The predicted molar refractivity (Wildman–Crippen MR) is 116 cm³/mol. The first-order valence-corrected chi connectivity index (χ1v) is 10.1. The summed E-state index contributed by atoms with van der Waals surface area (Å²) in [4.78, 5) is 28.7. The average Bonchev–Trinajstić information content (AvgIpc) is 2.72. The Balaban J connectivity index is 1.59. The molecule has 0 spiro atoms. The maximum Gasteiger partial charge on any atom is 0.309 e. The van der Waals surface area contributed by atoms with Crippen LogP contribution in [0, 0.1) is 0 Å². The number of hydrogen-bond donors (Lipinski definition) is 2. The van der Waals surface area contributed by atoms with Crippen LogP contribution in [-0.2, 0) is 22.6 Å². The molecule has 2 N–H and O–H groups in total. The first-order chi connectivity index (χ1) is 14.0. The molecule has 3 rings (SSSR count). The molecule has 0 fully saturated rings. The summed E-state index contributed by atoms with van der Waals surface area (Å²) < 4.78 is 0. The van der Waals surface area contributed by atoms with Crippen LogP contribution in [0.15, 0.2) is 48.5 Å². The van der Waals surface area contributed by atoms with Crippen LogP contribution in [0.1, 0.15) is 29.2 Å². The topological polar surface area (TPSA) is 64.7 Å². The van der Waals surface area contributed by atoms with Crippen molar-refractivity contribution in [2.75, 3.05) is 39.1 Å². The molecule has 29 heavy (non-hydrogen) atoms. The lowest BCUT2D eigenvalue weighted by molar-refractivity contribution is -0.139. The number of nitrogens with zero attached hydrogens (tertiary/aromatic N) is 2. The Morgan fingerprint density at radius 2 is 1.79 bits per heavy atom. The molecule has 1 atom stereocenters. The molecule has 0 aliphatic carbocycles. The normalized spacial score (nSPS) is 14.3. The van der Waals surface area contributed by atoms with Gasteiger partial charge in [0.25, 0.3) is 0 Å². The lowest BCUT2D eigenvalue weighted by Crippen LogP contribution is -2.43. The lowest BCUT2D eigenvalue weighted by Gasteiger charge is -2.30. The van der Waals surface area contributed by atoms with E-state index < -0.39 is 11.8 Å². The fourth-order valence-corrected chi connectivity index (χ4v) is 3.74. The minimum atomic E-state index is -0.613. The fraction of sp³-hybridized carbons (Fsp3) is 0.391. The minimum Gasteiger partial charge on any atom is -0.374 e. The van der Waals surface area contributed by atoms with Crippen LogP contribution in [0.3, 0.4) is 0 Å². The van der Waals surface area contributed by atoms with Gasteiger partial charge in [-0.3, -0.25) is 9.59 Å². The number of aryl methyl sites for hydroxylation is 1. The summed E-state index contributed by atoms with van der Waals surface area (Å²) in [7, 11) is 6.09. The number of carbonyl (C=O) groups is 2. The maximum absolute atomic E-state index is 12.2. The van der Waals surface area contributed by atoms with Crippen molar-refractivity contribution >= 4 is 17.5 Å². The number of fused-ring (bicyclic) bond motifs is 1. The van der Waals surface area contributed by atoms with Gasteiger partial charge < -0.3 is 20.4 Å². The molecule has 2 aromatic rings. The number of likely N-dealkylation sites (N-methyl/N-ethyl adjacent to an activating group) is 1. The monoisotopic (exact) mass is 394 g/mol. The van der Waals surface area contributed by atoms with Gasteiger partial charge >= 0.3 is 11.8 Å². The Morgan fingerprint density at radius 3 is 2.52 bits per heavy atom. The zero-order valence-electron chi connectivity index (χ0n) is 17.4. The van der Waals surface area contributed by atoms with Gasteiger partial charge in [-0.05, 0) is 49.7 Å². The molecule has 0 unspecified atom stereocenters. The molecule has 0 saturated heterocycles. The van der Waals surface area contributed by atoms with Gasteiger partial charge in [0.2, 0.25) is 0 Å². The highest BCUT2D eigenvalue weighted by Gasteiger charge is 2.21. The van der Waals surface area contributed by atoms with Crippen LogP contribution in [0.5, 0.6) is 0 Å². The van der Waals surface area contributed by atoms with E-state index in [1.165, 1.54) is 11.3 Å². The second kappa shape index (κ2) is 9.56. The minimum absolute atomic E-state index is 0.00148. The number of rotatable bonds is 6. The molecule has 0 saturated carbocycles. The Hall–Kier alpha value is -2.86. The van der Waals surface area contributed by atoms with Crippen molar-refractivity contribution in [2.45, 2.75) is 25.4 Å². The molecular formula is C23H30N4O2. The van der Waals surface area contributed by atoms with Crippen LogP contribution in [0.25, 0.3) is 0 Å². The van der Waals surface area contributed by atoms with Crippen molar-refractivity contribution in [3.05, 3.63) is 65.2 Å². The fourth-order valence-electron chi connectivity index (χ4n) is 3.74. The van der Waals surface area contributed by atoms with Crippen LogP contribution in [-0.4, -0.2) is 50.9 Å². The summed E-state index contributed by atoms with van der Waals surface area (Å²) in [5.41, 5.74) is 4.73. The van der Waals surface area contributed by atoms with Gasteiger partial charge in [-0.15, -0.1) is 0 Å². The SMILES string of the molecule is CN1CCCc2cc([C@@H](CNC(=O)C(=O)NCc3ccccc3)N(C)C)ccc21. The smallest absolute Gasteiger partial charge is 0.309 e. The summed E-state index contributed by atoms with van der Waals surface area (Å²) >= 11 is 0. The van der Waals surface area contributed by atoms with Gasteiger partial charge in [-0.25, -0.2) is 0 Å². The Bertz CT molecular complexity index is 851. The Kier molecular flexibility index (Phi) is 6.88. The molecule has 2 aromatic carbocycles. The molecule has 6 heteroatoms. The molecule has 2 amide bonds. The van der Waals surface area contributed by atoms with E-state index in [1.54, 1.807) is 0 Å². The highest BCUT2D eigenvalue weighted by molar-refractivity contribution is 6.35. The van der Waals surface area contributed by atoms with Gasteiger partial charge in [-0.2, -0.15) is 0 Å². The maximum atomic E-state index is 12.2. The van der Waals surface area contributed by atoms with Gasteiger partial charge in [0.05, 0.1) is 6.04 Å². The van der Waals surface area contributed by atoms with Gasteiger partial charge in [0.1, 0.15) is 0 Å². The van der Waals surface area contributed by atoms with Crippen molar-refractivity contribution in [3.63, 3.8) is 0 Å². The molecule has 154 valence electrons. The highest BCUT2D eigenvalue weighted by atomic mass is 16.2. The van der Waals surface area contributed by atoms with E-state index in [4.69, 9.17) is 0 Å². The Morgan fingerprint density at radius 1 is 1.07 bits per heavy atom. The summed E-state index contributed by atoms with van der Waals surface area (Å²) in [6, 6.07) is 16.1. The predicted octanol–water partition coefficient (Wildman–Crippen LogP) is 2.10. The summed E-state index contributed by atoms with van der Waals surface area (Å²) in [5, 5.41) is 5.45. The highest BCUT2D eigenvalue weighted by Crippen LogP contribution is 2.29. The zero-order valence-corrected chi connectivity index (χ0v) is 17.4. The molecule has 1 heterocycles. The third-order valence-electron chi connectivity index (χ3n) is 5.42. The third-order valence-corrected chi connectivity index (χ3v) is 5.42. The summed E-state index contributed by atoms with van der Waals surface area (Å²) in [6.07, 6.45) is 2.22. The lowest BCUT2D eigenvalue weighted by atomic mass is 9.96. The van der Waals surface area contributed by atoms with Gasteiger partial charge in [-0.1, -0.05) is 42.5 Å². The number of amides is 2. The van der Waals surface area contributed by atoms with E-state index in [2.05, 4.69) is 45.7 Å². The van der Waals surface area contributed by atoms with Crippen LogP contribution in [0.2, 0.25) is 0 Å². The van der Waals surface area contributed by atoms with E-state index >= 15 is 0 Å². The van der Waals surface area contributed by atoms with Gasteiger partial charge in [0, 0.05) is 32.4 Å². The van der Waals surface area contributed by atoms with Crippen LogP contribution in [0.4, 0.5) is 5.69 Å².